The van der Waals surface area contributed by atoms with E-state index in [2.05, 4.69) is 23.5 Å². The number of rotatable bonds is 8. The summed E-state index contributed by atoms with van der Waals surface area (Å²) >= 11 is 0. The minimum absolute atomic E-state index is 0. The normalized spacial score (nSPS) is 18.5. The van der Waals surface area contributed by atoms with Gasteiger partial charge in [0.05, 0.1) is 25.4 Å². The highest BCUT2D eigenvalue weighted by Crippen LogP contribution is 2.23. The first kappa shape index (κ1) is 23.7. The van der Waals surface area contributed by atoms with E-state index < -0.39 is 10.0 Å². The second kappa shape index (κ2) is 10.3. The summed E-state index contributed by atoms with van der Waals surface area (Å²) in [6.07, 6.45) is 1.11. The molecule has 0 saturated carbocycles. The number of hydrogen-bond donors (Lipinski definition) is 1. The zero-order valence-corrected chi connectivity index (χ0v) is 18.0. The number of hydrogen-bond acceptors (Lipinski definition) is 5. The summed E-state index contributed by atoms with van der Waals surface area (Å²) in [5.41, 5.74) is 1.24. The van der Waals surface area contributed by atoms with Crippen LogP contribution in [0.3, 0.4) is 0 Å². The van der Waals surface area contributed by atoms with Crippen LogP contribution in [0.15, 0.2) is 24.3 Å². The van der Waals surface area contributed by atoms with Crippen LogP contribution in [-0.4, -0.2) is 64.4 Å². The van der Waals surface area contributed by atoms with Gasteiger partial charge in [0.15, 0.2) is 0 Å². The Morgan fingerprint density at radius 2 is 1.89 bits per heavy atom. The van der Waals surface area contributed by atoms with Crippen molar-refractivity contribution in [3.8, 4) is 0 Å². The first-order valence-electron chi connectivity index (χ1n) is 8.89. The quantitative estimate of drug-likeness (QED) is 0.698. The fraction of sp³-hybridized carbons (Fsp3) is 0.611. The molecular formula is C18H30ClN3O4S. The van der Waals surface area contributed by atoms with E-state index in [0.717, 1.165) is 18.5 Å². The summed E-state index contributed by atoms with van der Waals surface area (Å²) in [6.45, 7) is 9.27. The van der Waals surface area contributed by atoms with E-state index in [4.69, 9.17) is 4.74 Å². The Labute approximate surface area is 168 Å². The van der Waals surface area contributed by atoms with Gasteiger partial charge in [0.1, 0.15) is 0 Å². The smallest absolute Gasteiger partial charge is 0.241 e. The van der Waals surface area contributed by atoms with Gasteiger partial charge in [-0.15, -0.1) is 12.4 Å². The highest BCUT2D eigenvalue weighted by atomic mass is 35.5. The molecule has 1 unspecified atom stereocenters. The van der Waals surface area contributed by atoms with Crippen LogP contribution in [0.5, 0.6) is 0 Å². The van der Waals surface area contributed by atoms with Gasteiger partial charge < -0.3 is 9.64 Å². The molecule has 0 aromatic heterocycles. The summed E-state index contributed by atoms with van der Waals surface area (Å²) in [4.78, 5) is 16.4. The number of amides is 1. The standard InChI is InChI=1S/C18H29N3O4S.ClH/c1-5-20-11-18(22)21(10-17(20)13-25-12-14(2)3)16-8-6-15(7-9-16)19-26(4,23)24;/h6-9,14,17,19H,5,10-13H2,1-4H3;1H. The molecule has 154 valence electrons. The Hall–Kier alpha value is -1.35. The number of piperazine rings is 1. The number of halogens is 1. The Morgan fingerprint density at radius 3 is 2.41 bits per heavy atom. The van der Waals surface area contributed by atoms with Crippen molar-refractivity contribution in [2.24, 2.45) is 5.92 Å². The molecule has 9 heteroatoms. The molecule has 1 aliphatic heterocycles. The molecule has 1 atom stereocenters. The molecule has 1 heterocycles. The van der Waals surface area contributed by atoms with E-state index in [1.54, 1.807) is 29.2 Å². The van der Waals surface area contributed by atoms with Crippen molar-refractivity contribution in [1.82, 2.24) is 4.90 Å². The van der Waals surface area contributed by atoms with Gasteiger partial charge in [-0.3, -0.25) is 14.4 Å². The van der Waals surface area contributed by atoms with Gasteiger partial charge >= 0.3 is 0 Å². The van der Waals surface area contributed by atoms with Gasteiger partial charge in [0, 0.05) is 24.5 Å². The monoisotopic (exact) mass is 419 g/mol. The number of sulfonamides is 1. The number of nitrogens with zero attached hydrogens (tertiary/aromatic N) is 2. The van der Waals surface area contributed by atoms with Gasteiger partial charge in [-0.2, -0.15) is 0 Å². The predicted octanol–water partition coefficient (Wildman–Crippen LogP) is 2.19. The number of carbonyl (C=O) groups excluding carboxylic acids is 1. The van der Waals surface area contributed by atoms with Crippen molar-refractivity contribution in [3.05, 3.63) is 24.3 Å². The number of nitrogens with one attached hydrogen (secondary N) is 1. The van der Waals surface area contributed by atoms with Gasteiger partial charge in [0.2, 0.25) is 15.9 Å². The maximum absolute atomic E-state index is 12.5. The van der Waals surface area contributed by atoms with Crippen LogP contribution in [-0.2, 0) is 19.6 Å². The summed E-state index contributed by atoms with van der Waals surface area (Å²) < 4.78 is 30.8. The second-order valence-corrected chi connectivity index (χ2v) is 8.82. The third-order valence-corrected chi connectivity index (χ3v) is 4.81. The molecule has 7 nitrogen and oxygen atoms in total. The van der Waals surface area contributed by atoms with E-state index in [9.17, 15) is 13.2 Å². The van der Waals surface area contributed by atoms with Gasteiger partial charge in [-0.1, -0.05) is 20.8 Å². The largest absolute Gasteiger partial charge is 0.379 e. The van der Waals surface area contributed by atoms with Crippen LogP contribution in [0.1, 0.15) is 20.8 Å². The highest BCUT2D eigenvalue weighted by Gasteiger charge is 2.32. The molecule has 0 bridgehead atoms. The van der Waals surface area contributed by atoms with Crippen molar-refractivity contribution < 1.29 is 17.9 Å². The Kier molecular flexibility index (Phi) is 9.01. The lowest BCUT2D eigenvalue weighted by Crippen LogP contribution is -2.57. The maximum atomic E-state index is 12.5. The summed E-state index contributed by atoms with van der Waals surface area (Å²) in [5, 5.41) is 0. The number of likely N-dealkylation sites (N-methyl/N-ethyl adjacent to an activating group) is 1. The summed E-state index contributed by atoms with van der Waals surface area (Å²) in [6, 6.07) is 7.00. The van der Waals surface area contributed by atoms with E-state index in [-0.39, 0.29) is 24.4 Å². The van der Waals surface area contributed by atoms with Crippen LogP contribution in [0.4, 0.5) is 11.4 Å². The van der Waals surface area contributed by atoms with E-state index in [0.29, 0.717) is 37.9 Å². The maximum Gasteiger partial charge on any atom is 0.241 e. The Bertz CT molecular complexity index is 710. The molecule has 0 spiro atoms. The average molecular weight is 420 g/mol. The van der Waals surface area contributed by atoms with Gasteiger partial charge in [-0.05, 0) is 36.7 Å². The molecule has 0 radical (unpaired) electrons. The first-order chi connectivity index (χ1) is 12.2. The number of benzene rings is 1. The molecule has 1 aromatic rings. The fourth-order valence-corrected chi connectivity index (χ4v) is 3.52. The lowest BCUT2D eigenvalue weighted by atomic mass is 10.1. The molecule has 1 aliphatic rings. The molecule has 2 rings (SSSR count). The van der Waals surface area contributed by atoms with Crippen molar-refractivity contribution in [2.45, 2.75) is 26.8 Å². The molecule has 1 fully saturated rings. The van der Waals surface area contributed by atoms with Crippen molar-refractivity contribution in [2.75, 3.05) is 48.7 Å². The predicted molar refractivity (Wildman–Crippen MR) is 111 cm³/mol. The lowest BCUT2D eigenvalue weighted by molar-refractivity contribution is -0.123. The topological polar surface area (TPSA) is 79.0 Å². The Morgan fingerprint density at radius 1 is 1.26 bits per heavy atom. The van der Waals surface area contributed by atoms with Crippen molar-refractivity contribution in [3.63, 3.8) is 0 Å². The van der Waals surface area contributed by atoms with Crippen LogP contribution >= 0.6 is 12.4 Å². The van der Waals surface area contributed by atoms with Crippen molar-refractivity contribution in [1.29, 1.82) is 0 Å². The third-order valence-electron chi connectivity index (χ3n) is 4.20. The molecule has 27 heavy (non-hydrogen) atoms. The molecular weight excluding hydrogens is 390 g/mol. The number of carbonyl (C=O) groups is 1. The summed E-state index contributed by atoms with van der Waals surface area (Å²) in [7, 11) is -3.32. The Balaban J connectivity index is 0.00000364. The number of ether oxygens (including phenoxy) is 1. The molecule has 1 N–H and O–H groups in total. The lowest BCUT2D eigenvalue weighted by Gasteiger charge is -2.40. The summed E-state index contributed by atoms with van der Waals surface area (Å²) in [5.74, 6) is 0.511. The zero-order chi connectivity index (χ0) is 19.3. The SMILES string of the molecule is CCN1CC(=O)N(c2ccc(NS(C)(=O)=O)cc2)CC1COCC(C)C.Cl. The molecule has 1 aromatic carbocycles. The van der Waals surface area contributed by atoms with Gasteiger partial charge in [0.25, 0.3) is 0 Å². The second-order valence-electron chi connectivity index (χ2n) is 7.07. The molecule has 0 aliphatic carbocycles. The van der Waals surface area contributed by atoms with Crippen LogP contribution in [0.2, 0.25) is 0 Å². The molecule has 1 amide bonds. The molecule has 1 saturated heterocycles. The minimum atomic E-state index is -3.32. The van der Waals surface area contributed by atoms with Gasteiger partial charge in [-0.25, -0.2) is 8.42 Å². The van der Waals surface area contributed by atoms with Crippen LogP contribution < -0.4 is 9.62 Å². The zero-order valence-electron chi connectivity index (χ0n) is 16.3. The van der Waals surface area contributed by atoms with Crippen LogP contribution in [0.25, 0.3) is 0 Å². The van der Waals surface area contributed by atoms with Crippen LogP contribution in [0, 0.1) is 5.92 Å². The minimum Gasteiger partial charge on any atom is -0.379 e. The first-order valence-corrected chi connectivity index (χ1v) is 10.8. The third kappa shape index (κ3) is 7.29. The average Bonchev–Trinajstić information content (AvgIpc) is 2.55. The van der Waals surface area contributed by atoms with E-state index in [1.807, 2.05) is 6.92 Å². The van der Waals surface area contributed by atoms with E-state index >= 15 is 0 Å². The highest BCUT2D eigenvalue weighted by molar-refractivity contribution is 7.92. The fourth-order valence-electron chi connectivity index (χ4n) is 2.96. The van der Waals surface area contributed by atoms with Crippen molar-refractivity contribution >= 4 is 39.7 Å². The number of anilines is 2. The van der Waals surface area contributed by atoms with E-state index in [1.165, 1.54) is 0 Å².